The second-order valence-corrected chi connectivity index (χ2v) is 6.60. The minimum absolute atomic E-state index is 0. The number of halogens is 1. The average Bonchev–Trinajstić information content (AvgIpc) is 3.26. The molecule has 0 saturated carbocycles. The number of nitrogens with one attached hydrogen (secondary N) is 2. The van der Waals surface area contributed by atoms with Crippen molar-refractivity contribution in [3.63, 3.8) is 0 Å². The van der Waals surface area contributed by atoms with E-state index < -0.39 is 0 Å². The van der Waals surface area contributed by atoms with Crippen LogP contribution in [0.2, 0.25) is 0 Å². The molecule has 0 unspecified atom stereocenters. The maximum absolute atomic E-state index is 5.58. The Morgan fingerprint density at radius 3 is 2.67 bits per heavy atom. The quantitative estimate of drug-likeness (QED) is 0.227. The summed E-state index contributed by atoms with van der Waals surface area (Å²) in [5.41, 5.74) is 4.06. The van der Waals surface area contributed by atoms with E-state index in [2.05, 4.69) is 49.9 Å². The highest BCUT2D eigenvalue weighted by Crippen LogP contribution is 2.18. The van der Waals surface area contributed by atoms with Gasteiger partial charge in [0.15, 0.2) is 5.96 Å². The fraction of sp³-hybridized carbons (Fsp3) is 0.174. The van der Waals surface area contributed by atoms with Gasteiger partial charge in [-0.1, -0.05) is 42.5 Å². The van der Waals surface area contributed by atoms with Crippen LogP contribution in [0.1, 0.15) is 11.3 Å². The van der Waals surface area contributed by atoms with Crippen LogP contribution in [0, 0.1) is 0 Å². The highest BCUT2D eigenvalue weighted by molar-refractivity contribution is 14.0. The van der Waals surface area contributed by atoms with Gasteiger partial charge < -0.3 is 15.1 Å². The topological polar surface area (TPSA) is 75.3 Å². The van der Waals surface area contributed by atoms with Crippen LogP contribution in [0.5, 0.6) is 0 Å². The maximum atomic E-state index is 5.58. The summed E-state index contributed by atoms with van der Waals surface area (Å²) in [5.74, 6) is 1.34. The molecule has 7 heteroatoms. The summed E-state index contributed by atoms with van der Waals surface area (Å²) in [6, 6.07) is 20.2. The van der Waals surface area contributed by atoms with E-state index in [0.717, 1.165) is 41.1 Å². The Balaban J connectivity index is 0.00000256. The maximum Gasteiger partial charge on any atom is 0.226 e. The van der Waals surface area contributed by atoms with E-state index in [1.54, 1.807) is 13.3 Å². The van der Waals surface area contributed by atoms with Crippen molar-refractivity contribution in [2.45, 2.75) is 13.0 Å². The second-order valence-electron chi connectivity index (χ2n) is 6.60. The number of hydrogen-bond donors (Lipinski definition) is 2. The third-order valence-corrected chi connectivity index (χ3v) is 4.64. The SMILES string of the molecule is CN=C(NCCc1cccc2cccnc12)NCc1coc(-c2ccccc2)n1.I. The van der Waals surface area contributed by atoms with Crippen LogP contribution in [0.3, 0.4) is 0 Å². The van der Waals surface area contributed by atoms with Gasteiger partial charge in [0.05, 0.1) is 17.8 Å². The number of rotatable bonds is 6. The smallest absolute Gasteiger partial charge is 0.226 e. The second kappa shape index (κ2) is 10.7. The molecule has 0 radical (unpaired) electrons. The first-order chi connectivity index (χ1) is 14.3. The fourth-order valence-electron chi connectivity index (χ4n) is 3.18. The zero-order valence-corrected chi connectivity index (χ0v) is 19.0. The Hall–Kier alpha value is -2.94. The molecule has 0 aliphatic rings. The number of hydrogen-bond acceptors (Lipinski definition) is 4. The van der Waals surface area contributed by atoms with Crippen molar-refractivity contribution in [2.75, 3.05) is 13.6 Å². The van der Waals surface area contributed by atoms with E-state index >= 15 is 0 Å². The monoisotopic (exact) mass is 513 g/mol. The molecular formula is C23H24IN5O. The first-order valence-electron chi connectivity index (χ1n) is 9.60. The van der Waals surface area contributed by atoms with E-state index in [4.69, 9.17) is 4.42 Å². The summed E-state index contributed by atoms with van der Waals surface area (Å²) in [5, 5.41) is 7.78. The molecule has 2 heterocycles. The van der Waals surface area contributed by atoms with Crippen molar-refractivity contribution in [3.05, 3.63) is 84.4 Å². The predicted octanol–water partition coefficient (Wildman–Crippen LogP) is 4.42. The molecule has 6 nitrogen and oxygen atoms in total. The highest BCUT2D eigenvalue weighted by atomic mass is 127. The van der Waals surface area contributed by atoms with Crippen molar-refractivity contribution in [1.82, 2.24) is 20.6 Å². The van der Waals surface area contributed by atoms with Gasteiger partial charge in [-0.05, 0) is 30.2 Å². The van der Waals surface area contributed by atoms with Crippen molar-refractivity contribution in [3.8, 4) is 11.5 Å². The molecular weight excluding hydrogens is 489 g/mol. The summed E-state index contributed by atoms with van der Waals surface area (Å²) in [6.07, 6.45) is 4.36. The van der Waals surface area contributed by atoms with Crippen LogP contribution in [-0.4, -0.2) is 29.5 Å². The lowest BCUT2D eigenvalue weighted by Gasteiger charge is -2.11. The zero-order valence-electron chi connectivity index (χ0n) is 16.7. The lowest BCUT2D eigenvalue weighted by atomic mass is 10.1. The summed E-state index contributed by atoms with van der Waals surface area (Å²) in [7, 11) is 1.76. The molecule has 0 atom stereocenters. The highest BCUT2D eigenvalue weighted by Gasteiger charge is 2.07. The van der Waals surface area contributed by atoms with Gasteiger partial charge in [0.1, 0.15) is 6.26 Å². The number of guanidine groups is 1. The molecule has 4 aromatic rings. The lowest BCUT2D eigenvalue weighted by Crippen LogP contribution is -2.37. The number of benzene rings is 2. The summed E-state index contributed by atoms with van der Waals surface area (Å²) in [4.78, 5) is 13.3. The van der Waals surface area contributed by atoms with Gasteiger partial charge in [-0.2, -0.15) is 0 Å². The largest absolute Gasteiger partial charge is 0.444 e. The van der Waals surface area contributed by atoms with Crippen LogP contribution < -0.4 is 10.6 Å². The summed E-state index contributed by atoms with van der Waals surface area (Å²) in [6.45, 7) is 1.29. The number of fused-ring (bicyclic) bond motifs is 1. The molecule has 0 bridgehead atoms. The molecule has 154 valence electrons. The average molecular weight is 513 g/mol. The third-order valence-electron chi connectivity index (χ3n) is 4.64. The Labute approximate surface area is 192 Å². The molecule has 0 spiro atoms. The predicted molar refractivity (Wildman–Crippen MR) is 131 cm³/mol. The third kappa shape index (κ3) is 5.35. The number of oxazole rings is 1. The number of aliphatic imine (C=N–C) groups is 1. The summed E-state index contributed by atoms with van der Waals surface area (Å²) >= 11 is 0. The molecule has 2 aromatic heterocycles. The Morgan fingerprint density at radius 1 is 1.00 bits per heavy atom. The first kappa shape index (κ1) is 21.8. The molecule has 4 rings (SSSR count). The van der Waals surface area contributed by atoms with Gasteiger partial charge in [0.25, 0.3) is 0 Å². The van der Waals surface area contributed by atoms with E-state index in [1.165, 1.54) is 5.56 Å². The van der Waals surface area contributed by atoms with Gasteiger partial charge in [0.2, 0.25) is 5.89 Å². The van der Waals surface area contributed by atoms with Crippen LogP contribution in [0.4, 0.5) is 0 Å². The molecule has 0 fully saturated rings. The number of para-hydroxylation sites is 1. The first-order valence-corrected chi connectivity index (χ1v) is 9.60. The Kier molecular flexibility index (Phi) is 7.78. The molecule has 0 aliphatic carbocycles. The van der Waals surface area contributed by atoms with Gasteiger partial charge >= 0.3 is 0 Å². The molecule has 30 heavy (non-hydrogen) atoms. The van der Waals surface area contributed by atoms with E-state index in [0.29, 0.717) is 12.4 Å². The van der Waals surface area contributed by atoms with Gasteiger partial charge in [-0.25, -0.2) is 4.98 Å². The van der Waals surface area contributed by atoms with Crippen LogP contribution in [0.15, 0.2) is 82.5 Å². The normalized spacial score (nSPS) is 11.2. The number of pyridine rings is 1. The standard InChI is InChI=1S/C23H23N5O.HI/c1-24-23(26-14-12-18-10-5-9-17-11-6-13-25-21(17)18)27-15-20-16-29-22(28-20)19-7-3-2-4-8-19;/h2-11,13,16H,12,14-15H2,1H3,(H2,24,26,27);1H. The van der Waals surface area contributed by atoms with E-state index in [9.17, 15) is 0 Å². The van der Waals surface area contributed by atoms with Gasteiger partial charge in [-0.15, -0.1) is 24.0 Å². The lowest BCUT2D eigenvalue weighted by molar-refractivity contribution is 0.572. The van der Waals surface area contributed by atoms with Gasteiger partial charge in [0, 0.05) is 30.7 Å². The summed E-state index contributed by atoms with van der Waals surface area (Å²) < 4.78 is 5.58. The Bertz CT molecular complexity index is 1110. The van der Waals surface area contributed by atoms with Crippen LogP contribution in [-0.2, 0) is 13.0 Å². The minimum atomic E-state index is 0. The van der Waals surface area contributed by atoms with Crippen molar-refractivity contribution < 1.29 is 4.42 Å². The van der Waals surface area contributed by atoms with Crippen LogP contribution >= 0.6 is 24.0 Å². The minimum Gasteiger partial charge on any atom is -0.444 e. The van der Waals surface area contributed by atoms with E-state index in [-0.39, 0.29) is 24.0 Å². The molecule has 2 aromatic carbocycles. The molecule has 2 N–H and O–H groups in total. The number of aromatic nitrogens is 2. The Morgan fingerprint density at radius 2 is 1.83 bits per heavy atom. The molecule has 0 saturated heterocycles. The molecule has 0 amide bonds. The van der Waals surface area contributed by atoms with Crippen LogP contribution in [0.25, 0.3) is 22.4 Å². The van der Waals surface area contributed by atoms with Crippen molar-refractivity contribution in [2.24, 2.45) is 4.99 Å². The van der Waals surface area contributed by atoms with Crippen molar-refractivity contribution >= 4 is 40.8 Å². The molecule has 0 aliphatic heterocycles. The van der Waals surface area contributed by atoms with Crippen molar-refractivity contribution in [1.29, 1.82) is 0 Å². The van der Waals surface area contributed by atoms with E-state index in [1.807, 2.05) is 42.6 Å². The zero-order chi connectivity index (χ0) is 19.9. The fourth-order valence-corrected chi connectivity index (χ4v) is 3.18. The van der Waals surface area contributed by atoms with Gasteiger partial charge in [-0.3, -0.25) is 9.98 Å². The number of nitrogens with zero attached hydrogens (tertiary/aromatic N) is 3.